The minimum atomic E-state index is -0.962. The van der Waals surface area contributed by atoms with E-state index in [1.807, 2.05) is 0 Å². The second kappa shape index (κ2) is 4.68. The van der Waals surface area contributed by atoms with Gasteiger partial charge in [0, 0.05) is 5.56 Å². The van der Waals surface area contributed by atoms with E-state index in [1.165, 1.54) is 18.2 Å². The Hall–Kier alpha value is -1.71. The highest BCUT2D eigenvalue weighted by molar-refractivity contribution is 6.40. The molecule has 1 rings (SSSR count). The zero-order valence-electron chi connectivity index (χ0n) is 8.49. The zero-order chi connectivity index (χ0) is 11.4. The fourth-order valence-corrected chi connectivity index (χ4v) is 1.02. The summed E-state index contributed by atoms with van der Waals surface area (Å²) in [5, 5.41) is 0. The van der Waals surface area contributed by atoms with Crippen LogP contribution in [0.15, 0.2) is 24.3 Å². The number of esters is 1. The van der Waals surface area contributed by atoms with Crippen molar-refractivity contribution in [2.45, 2.75) is 20.0 Å². The van der Waals surface area contributed by atoms with E-state index in [9.17, 15) is 14.0 Å². The van der Waals surface area contributed by atoms with Crippen LogP contribution < -0.4 is 0 Å². The molecule has 80 valence electrons. The molecule has 0 bridgehead atoms. The maximum atomic E-state index is 12.7. The SMILES string of the molecule is CC(C)OC(=O)C(=O)c1cccc(F)c1. The normalized spacial score (nSPS) is 10.1. The molecule has 0 aliphatic heterocycles. The molecule has 1 aromatic carbocycles. The minimum absolute atomic E-state index is 0.000602. The summed E-state index contributed by atoms with van der Waals surface area (Å²) in [4.78, 5) is 22.6. The maximum Gasteiger partial charge on any atom is 0.379 e. The summed E-state index contributed by atoms with van der Waals surface area (Å²) in [6.07, 6.45) is -0.366. The molecule has 0 unspecified atom stereocenters. The molecule has 0 fully saturated rings. The van der Waals surface area contributed by atoms with Crippen molar-refractivity contribution in [3.63, 3.8) is 0 Å². The molecule has 0 N–H and O–H groups in total. The lowest BCUT2D eigenvalue weighted by molar-refractivity contribution is -0.141. The summed E-state index contributed by atoms with van der Waals surface area (Å²) in [6, 6.07) is 4.94. The Balaban J connectivity index is 2.81. The van der Waals surface area contributed by atoms with Gasteiger partial charge in [0.1, 0.15) is 5.82 Å². The Labute approximate surface area is 86.9 Å². The van der Waals surface area contributed by atoms with Crippen LogP contribution in [-0.4, -0.2) is 17.9 Å². The van der Waals surface area contributed by atoms with E-state index < -0.39 is 17.6 Å². The molecular weight excluding hydrogens is 199 g/mol. The first-order valence-corrected chi connectivity index (χ1v) is 4.51. The molecule has 1 aromatic rings. The highest BCUT2D eigenvalue weighted by atomic mass is 19.1. The average Bonchev–Trinajstić information content (AvgIpc) is 2.15. The third-order valence-corrected chi connectivity index (χ3v) is 1.61. The third kappa shape index (κ3) is 3.16. The quantitative estimate of drug-likeness (QED) is 0.435. The lowest BCUT2D eigenvalue weighted by Crippen LogP contribution is -2.21. The number of ether oxygens (including phenoxy) is 1. The highest BCUT2D eigenvalue weighted by Crippen LogP contribution is 2.06. The molecular formula is C11H11FO3. The van der Waals surface area contributed by atoms with E-state index in [1.54, 1.807) is 13.8 Å². The van der Waals surface area contributed by atoms with E-state index in [-0.39, 0.29) is 11.7 Å². The summed E-state index contributed by atoms with van der Waals surface area (Å²) in [5.41, 5.74) is 0.000602. The predicted molar refractivity (Wildman–Crippen MR) is 52.0 cm³/mol. The molecule has 0 spiro atoms. The Morgan fingerprint density at radius 3 is 2.53 bits per heavy atom. The topological polar surface area (TPSA) is 43.4 Å². The predicted octanol–water partition coefficient (Wildman–Crippen LogP) is 1.96. The van der Waals surface area contributed by atoms with Crippen LogP contribution in [0.2, 0.25) is 0 Å². The molecule has 0 amide bonds. The fraction of sp³-hybridized carbons (Fsp3) is 0.273. The van der Waals surface area contributed by atoms with Gasteiger partial charge in [-0.1, -0.05) is 12.1 Å². The smallest absolute Gasteiger partial charge is 0.379 e. The lowest BCUT2D eigenvalue weighted by Gasteiger charge is -2.06. The summed E-state index contributed by atoms with van der Waals surface area (Å²) in [7, 11) is 0. The molecule has 15 heavy (non-hydrogen) atoms. The number of benzene rings is 1. The van der Waals surface area contributed by atoms with Crippen molar-refractivity contribution in [2.75, 3.05) is 0 Å². The standard InChI is InChI=1S/C11H11FO3/c1-7(2)15-11(14)10(13)8-4-3-5-9(12)6-8/h3-7H,1-2H3. The molecule has 3 nitrogen and oxygen atoms in total. The molecule has 0 aromatic heterocycles. The summed E-state index contributed by atoms with van der Waals surface area (Å²) < 4.78 is 17.4. The Bertz CT molecular complexity index is 385. The van der Waals surface area contributed by atoms with E-state index in [2.05, 4.69) is 0 Å². The summed E-state index contributed by atoms with van der Waals surface area (Å²) in [5.74, 6) is -2.35. The number of ketones is 1. The Morgan fingerprint density at radius 2 is 2.00 bits per heavy atom. The van der Waals surface area contributed by atoms with Crippen molar-refractivity contribution >= 4 is 11.8 Å². The second-order valence-corrected chi connectivity index (χ2v) is 3.29. The molecule has 0 saturated carbocycles. The first-order valence-electron chi connectivity index (χ1n) is 4.51. The van der Waals surface area contributed by atoms with Gasteiger partial charge in [0.25, 0.3) is 5.78 Å². The first-order chi connectivity index (χ1) is 7.00. The molecule has 0 radical (unpaired) electrons. The van der Waals surface area contributed by atoms with E-state index in [0.29, 0.717) is 0 Å². The van der Waals surface area contributed by atoms with Gasteiger partial charge < -0.3 is 4.74 Å². The van der Waals surface area contributed by atoms with Crippen LogP contribution in [0.25, 0.3) is 0 Å². The minimum Gasteiger partial charge on any atom is -0.457 e. The number of rotatable bonds is 3. The molecule has 0 heterocycles. The van der Waals surface area contributed by atoms with Crippen LogP contribution in [0.1, 0.15) is 24.2 Å². The van der Waals surface area contributed by atoms with Crippen LogP contribution in [-0.2, 0) is 9.53 Å². The molecule has 0 aliphatic rings. The van der Waals surface area contributed by atoms with Crippen molar-refractivity contribution in [1.29, 1.82) is 0 Å². The number of halogens is 1. The van der Waals surface area contributed by atoms with Crippen molar-refractivity contribution in [1.82, 2.24) is 0 Å². The van der Waals surface area contributed by atoms with Gasteiger partial charge in [0.15, 0.2) is 0 Å². The maximum absolute atomic E-state index is 12.7. The van der Waals surface area contributed by atoms with E-state index >= 15 is 0 Å². The summed E-state index contributed by atoms with van der Waals surface area (Å²) >= 11 is 0. The van der Waals surface area contributed by atoms with Gasteiger partial charge in [-0.3, -0.25) is 4.79 Å². The van der Waals surface area contributed by atoms with E-state index in [0.717, 1.165) is 6.07 Å². The number of hydrogen-bond donors (Lipinski definition) is 0. The lowest BCUT2D eigenvalue weighted by atomic mass is 10.1. The van der Waals surface area contributed by atoms with Crippen LogP contribution in [0.4, 0.5) is 4.39 Å². The number of hydrogen-bond acceptors (Lipinski definition) is 3. The Morgan fingerprint density at radius 1 is 1.33 bits per heavy atom. The van der Waals surface area contributed by atoms with Gasteiger partial charge in [-0.2, -0.15) is 0 Å². The van der Waals surface area contributed by atoms with Gasteiger partial charge in [0.05, 0.1) is 6.10 Å². The number of carbonyl (C=O) groups excluding carboxylic acids is 2. The second-order valence-electron chi connectivity index (χ2n) is 3.29. The highest BCUT2D eigenvalue weighted by Gasteiger charge is 2.19. The van der Waals surface area contributed by atoms with Crippen molar-refractivity contribution in [3.05, 3.63) is 35.6 Å². The van der Waals surface area contributed by atoms with Crippen LogP contribution in [0.5, 0.6) is 0 Å². The van der Waals surface area contributed by atoms with Crippen LogP contribution in [0.3, 0.4) is 0 Å². The average molecular weight is 210 g/mol. The zero-order valence-corrected chi connectivity index (χ0v) is 8.49. The van der Waals surface area contributed by atoms with Crippen molar-refractivity contribution in [3.8, 4) is 0 Å². The van der Waals surface area contributed by atoms with Gasteiger partial charge >= 0.3 is 5.97 Å². The molecule has 0 saturated heterocycles. The molecule has 0 aliphatic carbocycles. The van der Waals surface area contributed by atoms with Gasteiger partial charge in [0.2, 0.25) is 0 Å². The largest absolute Gasteiger partial charge is 0.457 e. The third-order valence-electron chi connectivity index (χ3n) is 1.61. The first kappa shape index (κ1) is 11.4. The van der Waals surface area contributed by atoms with Crippen LogP contribution in [0, 0.1) is 5.82 Å². The fourth-order valence-electron chi connectivity index (χ4n) is 1.02. The van der Waals surface area contributed by atoms with Crippen molar-refractivity contribution < 1.29 is 18.7 Å². The molecule has 0 atom stereocenters. The van der Waals surface area contributed by atoms with Crippen LogP contribution >= 0.6 is 0 Å². The number of Topliss-reactive ketones (excluding diaryl/α,β-unsaturated/α-hetero) is 1. The van der Waals surface area contributed by atoms with Gasteiger partial charge in [-0.15, -0.1) is 0 Å². The van der Waals surface area contributed by atoms with Crippen molar-refractivity contribution in [2.24, 2.45) is 0 Å². The number of carbonyl (C=O) groups is 2. The molecule has 4 heteroatoms. The monoisotopic (exact) mass is 210 g/mol. The van der Waals surface area contributed by atoms with E-state index in [4.69, 9.17) is 4.74 Å². The van der Waals surface area contributed by atoms with Gasteiger partial charge in [-0.05, 0) is 26.0 Å². The Kier molecular flexibility index (Phi) is 3.55. The van der Waals surface area contributed by atoms with Gasteiger partial charge in [-0.25, -0.2) is 9.18 Å². The summed E-state index contributed by atoms with van der Waals surface area (Å²) in [6.45, 7) is 3.27.